The Morgan fingerprint density at radius 3 is 2.04 bits per heavy atom. The van der Waals surface area contributed by atoms with Crippen LogP contribution < -0.4 is 16.4 Å². The number of nitrogens with two attached hydrogens (primary N) is 1. The van der Waals surface area contributed by atoms with Crippen molar-refractivity contribution < 1.29 is 9.59 Å². The van der Waals surface area contributed by atoms with Crippen LogP contribution in [0.5, 0.6) is 0 Å². The van der Waals surface area contributed by atoms with Crippen molar-refractivity contribution in [3.05, 3.63) is 35.4 Å². The van der Waals surface area contributed by atoms with Gasteiger partial charge in [0.25, 0.3) is 0 Å². The molecule has 1 saturated carbocycles. The molecular formula is C19H29N3O2. The second-order valence-corrected chi connectivity index (χ2v) is 7.15. The van der Waals surface area contributed by atoms with Crippen molar-refractivity contribution in [3.63, 3.8) is 0 Å². The van der Waals surface area contributed by atoms with Gasteiger partial charge in [-0.3, -0.25) is 4.79 Å². The molecule has 4 N–H and O–H groups in total. The maximum atomic E-state index is 12.3. The number of hydrogen-bond donors (Lipinski definition) is 3. The molecule has 1 aromatic carbocycles. The molecule has 0 bridgehead atoms. The number of amides is 3. The minimum Gasteiger partial charge on any atom is -0.368 e. The van der Waals surface area contributed by atoms with Crippen molar-refractivity contribution >= 4 is 11.9 Å². The third-order valence-electron chi connectivity index (χ3n) is 4.98. The van der Waals surface area contributed by atoms with Crippen molar-refractivity contribution in [3.8, 4) is 0 Å². The minimum atomic E-state index is -0.899. The molecule has 1 aliphatic carbocycles. The standard InChI is InChI=1S/C19H29N3O2/c1-13(2)15-7-9-16(10-8-15)14(3)21-18(24)22-19(17(20)23)11-5-4-6-12-19/h7-10,13-14H,4-6,11-12H2,1-3H3,(H2,20,23)(H2,21,22,24)/t14-/m0/s1. The quantitative estimate of drug-likeness (QED) is 0.773. The largest absolute Gasteiger partial charge is 0.368 e. The zero-order valence-corrected chi connectivity index (χ0v) is 14.9. The lowest BCUT2D eigenvalue weighted by molar-refractivity contribution is -0.125. The van der Waals surface area contributed by atoms with Gasteiger partial charge in [-0.05, 0) is 36.8 Å². The molecule has 0 heterocycles. The topological polar surface area (TPSA) is 84.2 Å². The van der Waals surface area contributed by atoms with Gasteiger partial charge in [-0.2, -0.15) is 0 Å². The van der Waals surface area contributed by atoms with Crippen molar-refractivity contribution in [2.75, 3.05) is 0 Å². The Kier molecular flexibility index (Phi) is 5.86. The predicted octanol–water partition coefficient (Wildman–Crippen LogP) is 3.36. The van der Waals surface area contributed by atoms with E-state index in [0.29, 0.717) is 18.8 Å². The molecule has 1 fully saturated rings. The van der Waals surface area contributed by atoms with E-state index in [1.165, 1.54) is 5.56 Å². The first kappa shape index (κ1) is 18.3. The van der Waals surface area contributed by atoms with E-state index in [1.807, 2.05) is 19.1 Å². The molecule has 5 nitrogen and oxygen atoms in total. The fourth-order valence-electron chi connectivity index (χ4n) is 3.29. The summed E-state index contributed by atoms with van der Waals surface area (Å²) in [7, 11) is 0. The highest BCUT2D eigenvalue weighted by Crippen LogP contribution is 2.28. The van der Waals surface area contributed by atoms with E-state index >= 15 is 0 Å². The lowest BCUT2D eigenvalue weighted by Crippen LogP contribution is -2.60. The van der Waals surface area contributed by atoms with Gasteiger partial charge >= 0.3 is 6.03 Å². The molecule has 1 aromatic rings. The Labute approximate surface area is 144 Å². The van der Waals surface area contributed by atoms with Gasteiger partial charge in [0, 0.05) is 0 Å². The van der Waals surface area contributed by atoms with E-state index in [1.54, 1.807) is 0 Å². The first-order valence-corrected chi connectivity index (χ1v) is 8.82. The molecule has 0 spiro atoms. The molecule has 0 aromatic heterocycles. The highest BCUT2D eigenvalue weighted by molar-refractivity contribution is 5.90. The van der Waals surface area contributed by atoms with Crippen LogP contribution in [0.25, 0.3) is 0 Å². The van der Waals surface area contributed by atoms with Gasteiger partial charge in [0.15, 0.2) is 0 Å². The van der Waals surface area contributed by atoms with E-state index in [-0.39, 0.29) is 12.1 Å². The summed E-state index contributed by atoms with van der Waals surface area (Å²) >= 11 is 0. The number of carbonyl (C=O) groups excluding carboxylic acids is 2. The second-order valence-electron chi connectivity index (χ2n) is 7.15. The van der Waals surface area contributed by atoms with Gasteiger partial charge in [0.2, 0.25) is 5.91 Å². The van der Waals surface area contributed by atoms with Crippen LogP contribution in [0.15, 0.2) is 24.3 Å². The zero-order chi connectivity index (χ0) is 17.7. The first-order valence-electron chi connectivity index (χ1n) is 8.82. The first-order chi connectivity index (χ1) is 11.3. The Hall–Kier alpha value is -2.04. The molecule has 24 heavy (non-hydrogen) atoms. The van der Waals surface area contributed by atoms with Crippen molar-refractivity contribution in [1.82, 2.24) is 10.6 Å². The molecular weight excluding hydrogens is 302 g/mol. The van der Waals surface area contributed by atoms with Crippen LogP contribution in [-0.4, -0.2) is 17.5 Å². The number of primary amides is 1. The number of urea groups is 1. The summed E-state index contributed by atoms with van der Waals surface area (Å²) in [5.41, 5.74) is 6.96. The van der Waals surface area contributed by atoms with E-state index in [4.69, 9.17) is 5.73 Å². The number of benzene rings is 1. The fraction of sp³-hybridized carbons (Fsp3) is 0.579. The predicted molar refractivity (Wildman–Crippen MR) is 95.6 cm³/mol. The Morgan fingerprint density at radius 2 is 1.54 bits per heavy atom. The van der Waals surface area contributed by atoms with Crippen LogP contribution in [-0.2, 0) is 4.79 Å². The molecule has 0 radical (unpaired) electrons. The Morgan fingerprint density at radius 1 is 1.00 bits per heavy atom. The van der Waals surface area contributed by atoms with Crippen LogP contribution >= 0.6 is 0 Å². The summed E-state index contributed by atoms with van der Waals surface area (Å²) in [6, 6.07) is 7.76. The molecule has 0 aliphatic heterocycles. The van der Waals surface area contributed by atoms with Crippen LogP contribution in [0.4, 0.5) is 4.79 Å². The number of nitrogens with one attached hydrogen (secondary N) is 2. The van der Waals surface area contributed by atoms with Gasteiger partial charge < -0.3 is 16.4 Å². The third-order valence-corrected chi connectivity index (χ3v) is 4.98. The lowest BCUT2D eigenvalue weighted by Gasteiger charge is -2.35. The normalized spacial score (nSPS) is 18.0. The SMILES string of the molecule is CC(C)c1ccc([C@H](C)NC(=O)NC2(C(N)=O)CCCCC2)cc1. The maximum Gasteiger partial charge on any atom is 0.316 e. The molecule has 132 valence electrons. The summed E-state index contributed by atoms with van der Waals surface area (Å²) in [6.07, 6.45) is 4.14. The van der Waals surface area contributed by atoms with Crippen LogP contribution in [0, 0.1) is 0 Å². The molecule has 3 amide bonds. The minimum absolute atomic E-state index is 0.139. The monoisotopic (exact) mass is 331 g/mol. The highest BCUT2D eigenvalue weighted by Gasteiger charge is 2.39. The fourth-order valence-corrected chi connectivity index (χ4v) is 3.29. The van der Waals surface area contributed by atoms with Crippen molar-refractivity contribution in [2.24, 2.45) is 5.73 Å². The second kappa shape index (κ2) is 7.69. The van der Waals surface area contributed by atoms with Crippen LogP contribution in [0.1, 0.15) is 76.0 Å². The molecule has 2 rings (SSSR count). The number of hydrogen-bond acceptors (Lipinski definition) is 2. The Bertz CT molecular complexity index is 575. The van der Waals surface area contributed by atoms with Gasteiger partial charge in [0.05, 0.1) is 6.04 Å². The van der Waals surface area contributed by atoms with Crippen molar-refractivity contribution in [1.29, 1.82) is 0 Å². The lowest BCUT2D eigenvalue weighted by atomic mass is 9.81. The van der Waals surface area contributed by atoms with E-state index in [0.717, 1.165) is 24.8 Å². The molecule has 5 heteroatoms. The summed E-state index contributed by atoms with van der Waals surface area (Å²) in [4.78, 5) is 24.2. The van der Waals surface area contributed by atoms with Crippen molar-refractivity contribution in [2.45, 2.75) is 70.4 Å². The molecule has 1 atom stereocenters. The van der Waals surface area contributed by atoms with Gasteiger partial charge in [-0.25, -0.2) is 4.79 Å². The summed E-state index contributed by atoms with van der Waals surface area (Å²) in [5.74, 6) is 0.0404. The van der Waals surface area contributed by atoms with E-state index in [9.17, 15) is 9.59 Å². The van der Waals surface area contributed by atoms with E-state index in [2.05, 4.69) is 36.6 Å². The van der Waals surface area contributed by atoms with Gasteiger partial charge in [0.1, 0.15) is 5.54 Å². The number of carbonyl (C=O) groups is 2. The average molecular weight is 331 g/mol. The van der Waals surface area contributed by atoms with Gasteiger partial charge in [-0.15, -0.1) is 0 Å². The average Bonchev–Trinajstić information content (AvgIpc) is 2.55. The van der Waals surface area contributed by atoms with Crippen LogP contribution in [0.2, 0.25) is 0 Å². The summed E-state index contributed by atoms with van der Waals surface area (Å²) < 4.78 is 0. The Balaban J connectivity index is 1.98. The third kappa shape index (κ3) is 4.28. The zero-order valence-electron chi connectivity index (χ0n) is 14.9. The maximum absolute atomic E-state index is 12.3. The molecule has 1 aliphatic rings. The summed E-state index contributed by atoms with van der Waals surface area (Å²) in [5, 5.41) is 5.75. The highest BCUT2D eigenvalue weighted by atomic mass is 16.2. The van der Waals surface area contributed by atoms with Gasteiger partial charge in [-0.1, -0.05) is 57.4 Å². The van der Waals surface area contributed by atoms with Crippen LogP contribution in [0.3, 0.4) is 0 Å². The molecule has 0 unspecified atom stereocenters. The summed E-state index contributed by atoms with van der Waals surface area (Å²) in [6.45, 7) is 6.23. The molecule has 0 saturated heterocycles. The number of rotatable bonds is 5. The smallest absolute Gasteiger partial charge is 0.316 e. The van der Waals surface area contributed by atoms with E-state index < -0.39 is 11.4 Å².